The van der Waals surface area contributed by atoms with Crippen LogP contribution in [0.15, 0.2) is 36.7 Å². The number of aromatic nitrogens is 2. The topological polar surface area (TPSA) is 76.1 Å². The van der Waals surface area contributed by atoms with Gasteiger partial charge in [0, 0.05) is 13.7 Å². The normalized spacial score (nSPS) is 11.2. The number of nitrogens with one attached hydrogen (secondary N) is 2. The molecule has 9 heteroatoms. The Morgan fingerprint density at radius 3 is 2.58 bits per heavy atom. The summed E-state index contributed by atoms with van der Waals surface area (Å²) in [4.78, 5) is 19.5. The third-order valence-electron chi connectivity index (χ3n) is 2.97. The molecule has 0 unspecified atom stereocenters. The van der Waals surface area contributed by atoms with Gasteiger partial charge in [-0.15, -0.1) is 0 Å². The molecule has 2 aromatic rings. The van der Waals surface area contributed by atoms with Crippen LogP contribution in [0.4, 0.5) is 24.7 Å². The lowest BCUT2D eigenvalue weighted by atomic mass is 10.1. The molecular weight excluding hydrogens is 325 g/mol. The minimum atomic E-state index is -4.49. The van der Waals surface area contributed by atoms with Gasteiger partial charge in [-0.1, -0.05) is 12.1 Å². The molecule has 128 valence electrons. The predicted molar refractivity (Wildman–Crippen MR) is 81.0 cm³/mol. The minimum absolute atomic E-state index is 0.0563. The molecule has 24 heavy (non-hydrogen) atoms. The SMILES string of the molecule is COCCNC(=O)c1cnc(Nc2ccccc2C(F)(F)F)cn1. The van der Waals surface area contributed by atoms with Gasteiger partial charge >= 0.3 is 6.18 Å². The molecule has 0 aliphatic rings. The number of halogens is 3. The van der Waals surface area contributed by atoms with Crippen molar-refractivity contribution in [2.45, 2.75) is 6.18 Å². The lowest BCUT2D eigenvalue weighted by molar-refractivity contribution is -0.136. The van der Waals surface area contributed by atoms with Gasteiger partial charge in [-0.3, -0.25) is 4.79 Å². The highest BCUT2D eigenvalue weighted by molar-refractivity contribution is 5.92. The predicted octanol–water partition coefficient (Wildman–Crippen LogP) is 2.62. The van der Waals surface area contributed by atoms with E-state index in [1.54, 1.807) is 0 Å². The van der Waals surface area contributed by atoms with Crippen molar-refractivity contribution in [3.63, 3.8) is 0 Å². The van der Waals surface area contributed by atoms with Gasteiger partial charge < -0.3 is 15.4 Å². The van der Waals surface area contributed by atoms with Gasteiger partial charge in [0.25, 0.3) is 5.91 Å². The maximum absolute atomic E-state index is 12.9. The number of methoxy groups -OCH3 is 1. The largest absolute Gasteiger partial charge is 0.418 e. The first kappa shape index (κ1) is 17.7. The third kappa shape index (κ3) is 4.66. The van der Waals surface area contributed by atoms with Crippen molar-refractivity contribution in [1.29, 1.82) is 0 Å². The van der Waals surface area contributed by atoms with E-state index in [0.717, 1.165) is 6.07 Å². The van der Waals surface area contributed by atoms with Gasteiger partial charge in [0.05, 0.1) is 30.3 Å². The van der Waals surface area contributed by atoms with Crippen LogP contribution < -0.4 is 10.6 Å². The lowest BCUT2D eigenvalue weighted by Gasteiger charge is -2.13. The van der Waals surface area contributed by atoms with E-state index < -0.39 is 17.6 Å². The zero-order chi connectivity index (χ0) is 17.6. The summed E-state index contributed by atoms with van der Waals surface area (Å²) in [7, 11) is 1.51. The number of nitrogens with zero attached hydrogens (tertiary/aromatic N) is 2. The van der Waals surface area contributed by atoms with Crippen molar-refractivity contribution in [3.8, 4) is 0 Å². The summed E-state index contributed by atoms with van der Waals surface area (Å²) in [6.07, 6.45) is -2.11. The number of para-hydroxylation sites is 1. The molecule has 0 fully saturated rings. The number of alkyl halides is 3. The summed E-state index contributed by atoms with van der Waals surface area (Å²) < 4.78 is 43.6. The Morgan fingerprint density at radius 1 is 1.21 bits per heavy atom. The number of anilines is 2. The summed E-state index contributed by atoms with van der Waals surface area (Å²) in [6, 6.07) is 5.03. The molecule has 1 aromatic carbocycles. The van der Waals surface area contributed by atoms with Crippen molar-refractivity contribution in [2.75, 3.05) is 25.6 Å². The zero-order valence-electron chi connectivity index (χ0n) is 12.7. The summed E-state index contributed by atoms with van der Waals surface area (Å²) in [5.41, 5.74) is -0.898. The van der Waals surface area contributed by atoms with E-state index in [-0.39, 0.29) is 17.2 Å². The molecule has 1 aromatic heterocycles. The Hall–Kier alpha value is -2.68. The highest BCUT2D eigenvalue weighted by Gasteiger charge is 2.33. The number of carbonyl (C=O) groups is 1. The molecule has 6 nitrogen and oxygen atoms in total. The Labute approximate surface area is 136 Å². The van der Waals surface area contributed by atoms with Crippen molar-refractivity contribution < 1.29 is 22.7 Å². The molecule has 1 heterocycles. The standard InChI is InChI=1S/C15H15F3N4O2/c1-24-7-6-19-14(23)12-8-21-13(9-20-12)22-11-5-3-2-4-10(11)15(16,17)18/h2-5,8-9H,6-7H2,1H3,(H,19,23)(H,21,22). The maximum atomic E-state index is 12.9. The van der Waals surface area contributed by atoms with Crippen LogP contribution in [-0.4, -0.2) is 36.1 Å². The molecule has 2 rings (SSSR count). The molecular formula is C15H15F3N4O2. The number of hydrogen-bond acceptors (Lipinski definition) is 5. The van der Waals surface area contributed by atoms with Crippen molar-refractivity contribution >= 4 is 17.4 Å². The van der Waals surface area contributed by atoms with Crippen LogP contribution in [0.1, 0.15) is 16.1 Å². The molecule has 0 aliphatic heterocycles. The minimum Gasteiger partial charge on any atom is -0.383 e. The van der Waals surface area contributed by atoms with E-state index in [9.17, 15) is 18.0 Å². The monoisotopic (exact) mass is 340 g/mol. The third-order valence-corrected chi connectivity index (χ3v) is 2.97. The number of carbonyl (C=O) groups excluding carboxylic acids is 1. The maximum Gasteiger partial charge on any atom is 0.418 e. The van der Waals surface area contributed by atoms with E-state index >= 15 is 0 Å². The average molecular weight is 340 g/mol. The second kappa shape index (κ2) is 7.73. The van der Waals surface area contributed by atoms with Crippen LogP contribution >= 0.6 is 0 Å². The quantitative estimate of drug-likeness (QED) is 0.791. The van der Waals surface area contributed by atoms with Crippen molar-refractivity contribution in [2.24, 2.45) is 0 Å². The first-order valence-corrected chi connectivity index (χ1v) is 6.94. The van der Waals surface area contributed by atoms with E-state index in [0.29, 0.717) is 13.2 Å². The van der Waals surface area contributed by atoms with Gasteiger partial charge in [-0.2, -0.15) is 13.2 Å². The zero-order valence-corrected chi connectivity index (χ0v) is 12.7. The Morgan fingerprint density at radius 2 is 1.96 bits per heavy atom. The smallest absolute Gasteiger partial charge is 0.383 e. The Balaban J connectivity index is 2.09. The van der Waals surface area contributed by atoms with Crippen LogP contribution in [-0.2, 0) is 10.9 Å². The highest BCUT2D eigenvalue weighted by atomic mass is 19.4. The fraction of sp³-hybridized carbons (Fsp3) is 0.267. The highest BCUT2D eigenvalue weighted by Crippen LogP contribution is 2.35. The Bertz CT molecular complexity index is 690. The summed E-state index contributed by atoms with van der Waals surface area (Å²) in [6.45, 7) is 0.670. The molecule has 0 saturated carbocycles. The fourth-order valence-corrected chi connectivity index (χ4v) is 1.84. The second-order valence-electron chi connectivity index (χ2n) is 4.70. The van der Waals surface area contributed by atoms with Gasteiger partial charge in [-0.05, 0) is 12.1 Å². The van der Waals surface area contributed by atoms with E-state index in [1.165, 1.54) is 37.7 Å². The molecule has 0 radical (unpaired) electrons. The summed E-state index contributed by atoms with van der Waals surface area (Å²) >= 11 is 0. The van der Waals surface area contributed by atoms with Crippen LogP contribution in [0.2, 0.25) is 0 Å². The number of ether oxygens (including phenoxy) is 1. The molecule has 0 spiro atoms. The van der Waals surface area contributed by atoms with Crippen molar-refractivity contribution in [1.82, 2.24) is 15.3 Å². The van der Waals surface area contributed by atoms with Gasteiger partial charge in [-0.25, -0.2) is 9.97 Å². The first-order chi connectivity index (χ1) is 11.4. The van der Waals surface area contributed by atoms with Gasteiger partial charge in [0.2, 0.25) is 0 Å². The number of amides is 1. The lowest BCUT2D eigenvalue weighted by Crippen LogP contribution is -2.27. The molecule has 0 saturated heterocycles. The van der Waals surface area contributed by atoms with E-state index in [2.05, 4.69) is 20.6 Å². The fourth-order valence-electron chi connectivity index (χ4n) is 1.84. The molecule has 1 amide bonds. The van der Waals surface area contributed by atoms with Crippen LogP contribution in [0.25, 0.3) is 0 Å². The number of benzene rings is 1. The van der Waals surface area contributed by atoms with E-state index in [4.69, 9.17) is 4.74 Å². The molecule has 0 bridgehead atoms. The summed E-state index contributed by atoms with van der Waals surface area (Å²) in [5, 5.41) is 5.11. The summed E-state index contributed by atoms with van der Waals surface area (Å²) in [5.74, 6) is -0.345. The van der Waals surface area contributed by atoms with Crippen molar-refractivity contribution in [3.05, 3.63) is 47.9 Å². The second-order valence-corrected chi connectivity index (χ2v) is 4.70. The van der Waals surface area contributed by atoms with Gasteiger partial charge in [0.15, 0.2) is 0 Å². The van der Waals surface area contributed by atoms with Gasteiger partial charge in [0.1, 0.15) is 11.5 Å². The number of rotatable bonds is 6. The average Bonchev–Trinajstić information content (AvgIpc) is 2.55. The van der Waals surface area contributed by atoms with Crippen LogP contribution in [0, 0.1) is 0 Å². The first-order valence-electron chi connectivity index (χ1n) is 6.94. The number of hydrogen-bond donors (Lipinski definition) is 2. The van der Waals surface area contributed by atoms with E-state index in [1.807, 2.05) is 0 Å². The van der Waals surface area contributed by atoms with Crippen LogP contribution in [0.5, 0.6) is 0 Å². The van der Waals surface area contributed by atoms with Crippen LogP contribution in [0.3, 0.4) is 0 Å². The Kier molecular flexibility index (Phi) is 5.69. The molecule has 0 atom stereocenters. The molecule has 0 aliphatic carbocycles. The molecule has 2 N–H and O–H groups in total.